The Morgan fingerprint density at radius 2 is 1.17 bits per heavy atom. The van der Waals surface area contributed by atoms with E-state index in [0.29, 0.717) is 6.42 Å². The van der Waals surface area contributed by atoms with Crippen LogP contribution in [0.2, 0.25) is 0 Å². The second-order valence-corrected chi connectivity index (χ2v) is 8.03. The molecule has 0 saturated carbocycles. The molecule has 0 aliphatic rings. The summed E-state index contributed by atoms with van der Waals surface area (Å²) in [6, 6.07) is 0. The zero-order valence-electron chi connectivity index (χ0n) is 15.3. The lowest BCUT2D eigenvalue weighted by Gasteiger charge is -1.99. The number of primary amides is 1. The summed E-state index contributed by atoms with van der Waals surface area (Å²) in [5, 5.41) is 0. The topological polar surface area (TPSA) is 43.1 Å². The fourth-order valence-electron chi connectivity index (χ4n) is 2.37. The number of halogens is 3. The molecule has 0 aromatic heterocycles. The average Bonchev–Trinajstić information content (AvgIpc) is 2.50. The van der Waals surface area contributed by atoms with E-state index in [1.54, 1.807) is 0 Å². The van der Waals surface area contributed by atoms with E-state index < -0.39 is 4.30 Å². The number of hydrogen-bond donors (Lipinski definition) is 1. The highest BCUT2D eigenvalue weighted by molar-refractivity contribution is 6.63. The van der Waals surface area contributed by atoms with Crippen LogP contribution >= 0.6 is 34.8 Å². The molecule has 0 aliphatic carbocycles. The number of rotatable bonds is 15. The number of alkyl halides is 3. The summed E-state index contributed by atoms with van der Waals surface area (Å²) in [6.07, 6.45) is 21.9. The largest absolute Gasteiger partial charge is 0.370 e. The van der Waals surface area contributed by atoms with Crippen molar-refractivity contribution in [3.05, 3.63) is 12.2 Å². The van der Waals surface area contributed by atoms with Crippen LogP contribution in [0.5, 0.6) is 0 Å². The van der Waals surface area contributed by atoms with Gasteiger partial charge in [0.05, 0.1) is 0 Å². The first-order chi connectivity index (χ1) is 11.5. The average molecular weight is 401 g/mol. The molecular formula is C19H36Cl3NO. The zero-order valence-corrected chi connectivity index (χ0v) is 17.5. The Morgan fingerprint density at radius 1 is 0.792 bits per heavy atom. The van der Waals surface area contributed by atoms with Crippen molar-refractivity contribution in [3.63, 3.8) is 0 Å². The second kappa shape index (κ2) is 23.1. The fourth-order valence-corrected chi connectivity index (χ4v) is 2.37. The third kappa shape index (κ3) is 33.6. The van der Waals surface area contributed by atoms with Gasteiger partial charge in [-0.05, 0) is 32.1 Å². The van der Waals surface area contributed by atoms with Gasteiger partial charge in [-0.3, -0.25) is 4.79 Å². The Bertz CT molecular complexity index is 281. The lowest BCUT2D eigenvalue weighted by atomic mass is 10.1. The van der Waals surface area contributed by atoms with Crippen LogP contribution < -0.4 is 5.73 Å². The predicted octanol–water partition coefficient (Wildman–Crippen LogP) is 7.50. The van der Waals surface area contributed by atoms with Gasteiger partial charge in [-0.2, -0.15) is 0 Å². The van der Waals surface area contributed by atoms with Crippen molar-refractivity contribution < 1.29 is 4.79 Å². The maximum absolute atomic E-state index is 10.5. The van der Waals surface area contributed by atoms with E-state index in [4.69, 9.17) is 40.5 Å². The fraction of sp³-hybridized carbons (Fsp3) is 0.842. The van der Waals surface area contributed by atoms with Crippen molar-refractivity contribution in [2.45, 2.75) is 101 Å². The minimum absolute atomic E-state index is 0.164. The summed E-state index contributed by atoms with van der Waals surface area (Å²) in [7, 11) is 0. The van der Waals surface area contributed by atoms with Gasteiger partial charge < -0.3 is 5.73 Å². The first kappa shape index (κ1) is 26.3. The maximum Gasteiger partial charge on any atom is 0.217 e. The van der Waals surface area contributed by atoms with Crippen LogP contribution in [0.25, 0.3) is 0 Å². The Kier molecular flexibility index (Phi) is 25.3. The van der Waals surface area contributed by atoms with Crippen LogP contribution in [0.15, 0.2) is 12.2 Å². The number of nitrogens with two attached hydrogens (primary N) is 1. The highest BCUT2D eigenvalue weighted by Gasteiger charge is 1.94. The molecule has 2 N–H and O–H groups in total. The van der Waals surface area contributed by atoms with E-state index in [2.05, 4.69) is 19.1 Å². The van der Waals surface area contributed by atoms with Crippen molar-refractivity contribution in [2.75, 3.05) is 0 Å². The van der Waals surface area contributed by atoms with Gasteiger partial charge in [0.15, 0.2) is 4.30 Å². The van der Waals surface area contributed by atoms with E-state index in [9.17, 15) is 4.79 Å². The molecule has 24 heavy (non-hydrogen) atoms. The number of unbranched alkanes of at least 4 members (excludes halogenated alkanes) is 11. The van der Waals surface area contributed by atoms with Crippen LogP contribution in [0.3, 0.4) is 0 Å². The van der Waals surface area contributed by atoms with Crippen molar-refractivity contribution >= 4 is 40.7 Å². The van der Waals surface area contributed by atoms with Gasteiger partial charge in [-0.25, -0.2) is 0 Å². The normalized spacial score (nSPS) is 10.9. The molecule has 0 atom stereocenters. The molecule has 0 radical (unpaired) electrons. The van der Waals surface area contributed by atoms with E-state index >= 15 is 0 Å². The monoisotopic (exact) mass is 399 g/mol. The van der Waals surface area contributed by atoms with Crippen LogP contribution in [-0.2, 0) is 4.79 Å². The summed E-state index contributed by atoms with van der Waals surface area (Å²) in [4.78, 5) is 10.5. The molecule has 144 valence electrons. The first-order valence-electron chi connectivity index (χ1n) is 9.36. The van der Waals surface area contributed by atoms with Gasteiger partial charge in [0.2, 0.25) is 5.91 Å². The van der Waals surface area contributed by atoms with Gasteiger partial charge in [-0.15, -0.1) is 0 Å². The van der Waals surface area contributed by atoms with Gasteiger partial charge in [0.1, 0.15) is 0 Å². The lowest BCUT2D eigenvalue weighted by Crippen LogP contribution is -2.09. The number of carbonyl (C=O) groups excluding carboxylic acids is 1. The first-order valence-corrected chi connectivity index (χ1v) is 10.7. The summed E-state index contributed by atoms with van der Waals surface area (Å²) < 4.78 is -0.750. The number of hydrogen-bond acceptors (Lipinski definition) is 1. The van der Waals surface area contributed by atoms with Gasteiger partial charge >= 0.3 is 0 Å². The minimum atomic E-state index is -0.750. The van der Waals surface area contributed by atoms with Gasteiger partial charge in [0.25, 0.3) is 0 Å². The predicted molar refractivity (Wildman–Crippen MR) is 110 cm³/mol. The lowest BCUT2D eigenvalue weighted by molar-refractivity contribution is -0.118. The smallest absolute Gasteiger partial charge is 0.217 e. The number of carbonyl (C=O) groups is 1. The third-order valence-corrected chi connectivity index (χ3v) is 3.68. The van der Waals surface area contributed by atoms with Crippen molar-refractivity contribution in [2.24, 2.45) is 5.73 Å². The SMILES string of the molecule is CCCCCCCC/C=C\CCCCCCCC(N)=O.ClC(Cl)Cl. The van der Waals surface area contributed by atoms with Gasteiger partial charge in [-0.1, -0.05) is 105 Å². The van der Waals surface area contributed by atoms with Crippen molar-refractivity contribution in [3.8, 4) is 0 Å². The molecule has 5 heteroatoms. The minimum Gasteiger partial charge on any atom is -0.370 e. The summed E-state index contributed by atoms with van der Waals surface area (Å²) in [6.45, 7) is 2.26. The molecule has 0 rings (SSSR count). The van der Waals surface area contributed by atoms with Crippen molar-refractivity contribution in [1.29, 1.82) is 0 Å². The molecule has 0 bridgehead atoms. The Balaban J connectivity index is 0. The Labute approximate surface area is 164 Å². The summed E-state index contributed by atoms with van der Waals surface area (Å²) in [5.74, 6) is -0.164. The summed E-state index contributed by atoms with van der Waals surface area (Å²) >= 11 is 14.4. The molecule has 1 amide bonds. The van der Waals surface area contributed by atoms with E-state index in [1.807, 2.05) is 0 Å². The Morgan fingerprint density at radius 3 is 1.58 bits per heavy atom. The molecule has 0 unspecified atom stereocenters. The number of amides is 1. The maximum atomic E-state index is 10.5. The molecule has 0 spiro atoms. The standard InChI is InChI=1S/C18H35NO.CHCl3/c1-2-3-4-5-6-7-8-9-10-11-12-13-14-15-16-17-18(19)20;2-1(3)4/h9-10H,2-8,11-17H2,1H3,(H2,19,20);1H/b10-9-;. The highest BCUT2D eigenvalue weighted by Crippen LogP contribution is 2.09. The van der Waals surface area contributed by atoms with Crippen LogP contribution in [-0.4, -0.2) is 10.2 Å². The molecule has 0 fully saturated rings. The van der Waals surface area contributed by atoms with Crippen molar-refractivity contribution in [1.82, 2.24) is 0 Å². The zero-order chi connectivity index (χ0) is 18.5. The molecule has 0 aromatic carbocycles. The molecular weight excluding hydrogens is 365 g/mol. The quantitative estimate of drug-likeness (QED) is 0.172. The van der Waals surface area contributed by atoms with Crippen LogP contribution in [0.4, 0.5) is 0 Å². The molecule has 0 heterocycles. The van der Waals surface area contributed by atoms with E-state index in [0.717, 1.165) is 12.8 Å². The van der Waals surface area contributed by atoms with Gasteiger partial charge in [0, 0.05) is 6.42 Å². The highest BCUT2D eigenvalue weighted by atomic mass is 35.6. The van der Waals surface area contributed by atoms with Crippen LogP contribution in [0.1, 0.15) is 96.8 Å². The molecule has 0 saturated heterocycles. The third-order valence-electron chi connectivity index (χ3n) is 3.68. The summed E-state index contributed by atoms with van der Waals surface area (Å²) in [5.41, 5.74) is 5.10. The molecule has 0 aromatic rings. The second-order valence-electron chi connectivity index (χ2n) is 6.05. The van der Waals surface area contributed by atoms with E-state index in [-0.39, 0.29) is 5.91 Å². The van der Waals surface area contributed by atoms with Crippen LogP contribution in [0, 0.1) is 0 Å². The Hall–Kier alpha value is 0.0800. The molecule has 0 aliphatic heterocycles. The van der Waals surface area contributed by atoms with E-state index in [1.165, 1.54) is 70.6 Å². The molecule has 2 nitrogen and oxygen atoms in total. The number of allylic oxidation sites excluding steroid dienone is 2.